The molecule has 2 aromatic carbocycles. The number of carbonyl (C=O) groups is 1. The zero-order chi connectivity index (χ0) is 21.6. The van der Waals surface area contributed by atoms with E-state index in [0.717, 1.165) is 29.8 Å². The molecule has 4 rings (SSSR count). The highest BCUT2D eigenvalue weighted by Gasteiger charge is 2.29. The second kappa shape index (κ2) is 10.7. The summed E-state index contributed by atoms with van der Waals surface area (Å²) in [6, 6.07) is 21.4. The largest absolute Gasteiger partial charge is 0.294 e. The lowest BCUT2D eigenvalue weighted by molar-refractivity contribution is 0.0992. The van der Waals surface area contributed by atoms with E-state index in [0.29, 0.717) is 29.4 Å². The summed E-state index contributed by atoms with van der Waals surface area (Å²) in [6.07, 6.45) is 4.46. The third-order valence-electron chi connectivity index (χ3n) is 5.45. The topological polar surface area (TPSA) is 61.4 Å². The van der Waals surface area contributed by atoms with Crippen molar-refractivity contribution in [2.24, 2.45) is 0 Å². The molecule has 0 saturated heterocycles. The van der Waals surface area contributed by atoms with Gasteiger partial charge < -0.3 is 0 Å². The van der Waals surface area contributed by atoms with Crippen LogP contribution in [0.3, 0.4) is 0 Å². The van der Waals surface area contributed by atoms with Gasteiger partial charge in [0.05, 0.1) is 6.57 Å². The minimum Gasteiger partial charge on any atom is -0.294 e. The van der Waals surface area contributed by atoms with Gasteiger partial charge >= 0.3 is 0 Å². The van der Waals surface area contributed by atoms with Gasteiger partial charge in [0, 0.05) is 37.3 Å². The number of hydrogen-bond acceptors (Lipinski definition) is 4. The van der Waals surface area contributed by atoms with E-state index in [1.54, 1.807) is 24.4 Å². The van der Waals surface area contributed by atoms with Gasteiger partial charge in [0.25, 0.3) is 0 Å². The van der Waals surface area contributed by atoms with Crippen LogP contribution in [-0.2, 0) is 19.5 Å². The summed E-state index contributed by atoms with van der Waals surface area (Å²) in [5.74, 6) is 0.0756. The molecule has 3 aromatic rings. The number of Topliss-reactive ketones (excluding diaryl/α,β-unsaturated/α-hetero) is 1. The number of ketones is 1. The standard InChI is InChI=1S/C26H22N4O.ClH/c1-28-23-8-5-19(6-9-23)14-26(31)22-4-2-3-20(13-22)17-30(25-11-12-25)18-21-7-10-24(15-27)29-16-21;/h2-10,13,16,25H,11-12,14,17-18H2;1H. The first kappa shape index (κ1) is 23.2. The fraction of sp³-hybridized carbons (Fsp3) is 0.231. The normalized spacial score (nSPS) is 12.5. The Morgan fingerprint density at radius 2 is 1.78 bits per heavy atom. The molecule has 0 bridgehead atoms. The van der Waals surface area contributed by atoms with Gasteiger partial charge in [-0.2, -0.15) is 5.26 Å². The molecule has 1 aliphatic rings. The number of halogens is 1. The Bertz CT molecular complexity index is 1160. The smallest absolute Gasteiger partial charge is 0.187 e. The molecular formula is C26H23ClN4O. The van der Waals surface area contributed by atoms with Gasteiger partial charge in [0.15, 0.2) is 11.5 Å². The molecule has 1 aliphatic carbocycles. The van der Waals surface area contributed by atoms with Crippen LogP contribution in [0.2, 0.25) is 0 Å². The minimum absolute atomic E-state index is 0. The fourth-order valence-electron chi connectivity index (χ4n) is 3.63. The number of rotatable bonds is 8. The van der Waals surface area contributed by atoms with E-state index >= 15 is 0 Å². The predicted molar refractivity (Wildman–Crippen MR) is 126 cm³/mol. The van der Waals surface area contributed by atoms with Crippen molar-refractivity contribution in [3.05, 3.63) is 106 Å². The Hall–Kier alpha value is -3.51. The number of nitrogens with zero attached hydrogens (tertiary/aromatic N) is 4. The third kappa shape index (κ3) is 6.02. The molecule has 0 atom stereocenters. The van der Waals surface area contributed by atoms with E-state index in [-0.39, 0.29) is 18.2 Å². The maximum atomic E-state index is 12.8. The summed E-state index contributed by atoms with van der Waals surface area (Å²) in [7, 11) is 0. The third-order valence-corrected chi connectivity index (χ3v) is 5.45. The number of hydrogen-bond donors (Lipinski definition) is 0. The number of carbonyl (C=O) groups excluding carboxylic acids is 1. The van der Waals surface area contributed by atoms with E-state index in [1.165, 1.54) is 12.8 Å². The molecule has 0 amide bonds. The highest BCUT2D eigenvalue weighted by Crippen LogP contribution is 2.30. The van der Waals surface area contributed by atoms with E-state index in [4.69, 9.17) is 11.8 Å². The van der Waals surface area contributed by atoms with Crippen molar-refractivity contribution >= 4 is 23.9 Å². The molecule has 160 valence electrons. The van der Waals surface area contributed by atoms with E-state index in [2.05, 4.69) is 26.9 Å². The van der Waals surface area contributed by atoms with Crippen molar-refractivity contribution in [3.63, 3.8) is 0 Å². The van der Waals surface area contributed by atoms with Crippen molar-refractivity contribution in [1.82, 2.24) is 9.88 Å². The second-order valence-corrected chi connectivity index (χ2v) is 7.88. The lowest BCUT2D eigenvalue weighted by Gasteiger charge is -2.22. The maximum absolute atomic E-state index is 12.8. The van der Waals surface area contributed by atoms with E-state index in [9.17, 15) is 4.79 Å². The second-order valence-electron chi connectivity index (χ2n) is 7.88. The molecule has 0 aliphatic heterocycles. The summed E-state index contributed by atoms with van der Waals surface area (Å²) in [6.45, 7) is 8.57. The molecule has 0 radical (unpaired) electrons. The molecule has 32 heavy (non-hydrogen) atoms. The van der Waals surface area contributed by atoms with Crippen molar-refractivity contribution in [2.75, 3.05) is 0 Å². The molecule has 0 spiro atoms. The van der Waals surface area contributed by atoms with Gasteiger partial charge in [-0.05, 0) is 41.7 Å². The Morgan fingerprint density at radius 1 is 1.06 bits per heavy atom. The summed E-state index contributed by atoms with van der Waals surface area (Å²) < 4.78 is 0. The van der Waals surface area contributed by atoms with Crippen molar-refractivity contribution in [1.29, 1.82) is 5.26 Å². The Balaban J connectivity index is 0.00000289. The first-order valence-corrected chi connectivity index (χ1v) is 10.3. The van der Waals surface area contributed by atoms with Crippen LogP contribution in [0.1, 0.15) is 45.6 Å². The van der Waals surface area contributed by atoms with Crippen LogP contribution in [0.5, 0.6) is 0 Å². The van der Waals surface area contributed by atoms with Gasteiger partial charge in [0.2, 0.25) is 0 Å². The molecule has 1 heterocycles. The van der Waals surface area contributed by atoms with Crippen molar-refractivity contribution in [3.8, 4) is 6.07 Å². The predicted octanol–water partition coefficient (Wildman–Crippen LogP) is 5.52. The summed E-state index contributed by atoms with van der Waals surface area (Å²) in [5.41, 5.74) is 4.83. The van der Waals surface area contributed by atoms with Gasteiger partial charge in [-0.15, -0.1) is 12.4 Å². The van der Waals surface area contributed by atoms with Gasteiger partial charge in [-0.3, -0.25) is 9.69 Å². The first-order valence-electron chi connectivity index (χ1n) is 10.3. The lowest BCUT2D eigenvalue weighted by atomic mass is 10.0. The summed E-state index contributed by atoms with van der Waals surface area (Å²) >= 11 is 0. The zero-order valence-electron chi connectivity index (χ0n) is 17.6. The monoisotopic (exact) mass is 442 g/mol. The van der Waals surface area contributed by atoms with Gasteiger partial charge in [0.1, 0.15) is 11.8 Å². The number of benzene rings is 2. The zero-order valence-corrected chi connectivity index (χ0v) is 18.4. The quantitative estimate of drug-likeness (QED) is 0.340. The van der Waals surface area contributed by atoms with E-state index in [1.807, 2.05) is 36.4 Å². The van der Waals surface area contributed by atoms with Crippen LogP contribution in [0.4, 0.5) is 5.69 Å². The number of nitriles is 1. The van der Waals surface area contributed by atoms with Crippen LogP contribution in [0.25, 0.3) is 4.85 Å². The maximum Gasteiger partial charge on any atom is 0.187 e. The van der Waals surface area contributed by atoms with Crippen molar-refractivity contribution in [2.45, 2.75) is 38.4 Å². The van der Waals surface area contributed by atoms with Crippen LogP contribution < -0.4 is 0 Å². The summed E-state index contributed by atoms with van der Waals surface area (Å²) in [5, 5.41) is 8.93. The molecule has 5 nitrogen and oxygen atoms in total. The van der Waals surface area contributed by atoms with Crippen LogP contribution in [0, 0.1) is 17.9 Å². The summed E-state index contributed by atoms with van der Waals surface area (Å²) in [4.78, 5) is 22.8. The molecule has 1 saturated carbocycles. The first-order chi connectivity index (χ1) is 15.1. The minimum atomic E-state index is 0. The van der Waals surface area contributed by atoms with Crippen LogP contribution in [-0.4, -0.2) is 21.7 Å². The van der Waals surface area contributed by atoms with Crippen LogP contribution >= 0.6 is 12.4 Å². The molecule has 0 unspecified atom stereocenters. The van der Waals surface area contributed by atoms with Crippen molar-refractivity contribution < 1.29 is 4.79 Å². The number of aromatic nitrogens is 1. The van der Waals surface area contributed by atoms with Gasteiger partial charge in [-0.1, -0.05) is 48.5 Å². The average molecular weight is 443 g/mol. The highest BCUT2D eigenvalue weighted by molar-refractivity contribution is 5.97. The van der Waals surface area contributed by atoms with Crippen LogP contribution in [0.15, 0.2) is 66.9 Å². The lowest BCUT2D eigenvalue weighted by Crippen LogP contribution is -2.25. The number of pyridine rings is 1. The molecular weight excluding hydrogens is 420 g/mol. The Labute approximate surface area is 194 Å². The Morgan fingerprint density at radius 3 is 2.41 bits per heavy atom. The average Bonchev–Trinajstić information content (AvgIpc) is 3.65. The Kier molecular flexibility index (Phi) is 7.73. The fourth-order valence-corrected chi connectivity index (χ4v) is 3.63. The highest BCUT2D eigenvalue weighted by atomic mass is 35.5. The van der Waals surface area contributed by atoms with Gasteiger partial charge in [-0.25, -0.2) is 9.83 Å². The molecule has 0 N–H and O–H groups in total. The molecule has 6 heteroatoms. The molecule has 1 fully saturated rings. The SMILES string of the molecule is Cl.[C-]#[N+]c1ccc(CC(=O)c2cccc(CN(Cc3ccc(C#N)nc3)C3CC3)c2)cc1. The molecule has 1 aromatic heterocycles. The van der Waals surface area contributed by atoms with E-state index < -0.39 is 0 Å².